The summed E-state index contributed by atoms with van der Waals surface area (Å²) >= 11 is 0. The quantitative estimate of drug-likeness (QED) is 0.475. The van der Waals surface area contributed by atoms with Gasteiger partial charge in [0.1, 0.15) is 5.82 Å². The molecule has 9 nitrogen and oxygen atoms in total. The average molecular weight is 501 g/mol. The fraction of sp³-hybridized carbons (Fsp3) is 0.292. The highest BCUT2D eigenvalue weighted by molar-refractivity contribution is 6.04. The molecule has 2 amide bonds. The van der Waals surface area contributed by atoms with Gasteiger partial charge in [0, 0.05) is 30.8 Å². The summed E-state index contributed by atoms with van der Waals surface area (Å²) in [6.07, 6.45) is -4.91. The Hall–Kier alpha value is -4.22. The third-order valence-electron chi connectivity index (χ3n) is 6.03. The first kappa shape index (κ1) is 23.5. The van der Waals surface area contributed by atoms with Crippen molar-refractivity contribution >= 4 is 29.0 Å². The predicted molar refractivity (Wildman–Crippen MR) is 124 cm³/mol. The summed E-state index contributed by atoms with van der Waals surface area (Å²) in [6.45, 7) is 3.21. The van der Waals surface area contributed by atoms with Crippen LogP contribution in [0.25, 0.3) is 0 Å². The summed E-state index contributed by atoms with van der Waals surface area (Å²) in [6, 6.07) is 8.55. The summed E-state index contributed by atoms with van der Waals surface area (Å²) in [5.41, 5.74) is 2.07. The molecule has 0 saturated carbocycles. The van der Waals surface area contributed by atoms with Crippen LogP contribution < -0.4 is 25.4 Å². The molecule has 0 unspecified atom stereocenters. The lowest BCUT2D eigenvalue weighted by Crippen LogP contribution is -2.35. The van der Waals surface area contributed by atoms with Crippen LogP contribution in [0.2, 0.25) is 0 Å². The van der Waals surface area contributed by atoms with Crippen molar-refractivity contribution in [1.82, 2.24) is 9.78 Å². The normalized spacial score (nSPS) is 18.2. The van der Waals surface area contributed by atoms with E-state index in [-0.39, 0.29) is 30.6 Å². The number of alkyl halides is 3. The van der Waals surface area contributed by atoms with Crippen LogP contribution in [0.4, 0.5) is 30.4 Å². The number of carbonyl (C=O) groups excluding carboxylic acids is 2. The van der Waals surface area contributed by atoms with Crippen LogP contribution in [-0.4, -0.2) is 34.6 Å². The van der Waals surface area contributed by atoms with Crippen LogP contribution in [0, 0.1) is 6.92 Å². The molecular formula is C24H22F3N5O4. The molecular weight excluding hydrogens is 479 g/mol. The van der Waals surface area contributed by atoms with Gasteiger partial charge in [-0.2, -0.15) is 18.3 Å². The van der Waals surface area contributed by atoms with E-state index in [0.29, 0.717) is 28.4 Å². The first-order valence-electron chi connectivity index (χ1n) is 11.1. The Bertz CT molecular complexity index is 1350. The number of aromatic nitrogens is 2. The smallest absolute Gasteiger partial charge is 0.410 e. The number of hydrogen-bond donors (Lipinski definition) is 3. The molecule has 0 bridgehead atoms. The van der Waals surface area contributed by atoms with Crippen molar-refractivity contribution < 1.29 is 32.2 Å². The van der Waals surface area contributed by atoms with E-state index < -0.39 is 24.2 Å². The van der Waals surface area contributed by atoms with Gasteiger partial charge >= 0.3 is 6.18 Å². The molecule has 0 radical (unpaired) electrons. The van der Waals surface area contributed by atoms with Crippen molar-refractivity contribution in [1.29, 1.82) is 0 Å². The Balaban J connectivity index is 1.41. The molecule has 1 aromatic heterocycles. The molecule has 3 aromatic rings. The highest BCUT2D eigenvalue weighted by atomic mass is 19.4. The molecule has 2 aliphatic heterocycles. The zero-order valence-electron chi connectivity index (χ0n) is 19.3. The third-order valence-corrected chi connectivity index (χ3v) is 6.03. The Kier molecular flexibility index (Phi) is 5.73. The maximum Gasteiger partial charge on any atom is 0.410 e. The second-order valence-corrected chi connectivity index (χ2v) is 8.63. The number of benzene rings is 2. The largest absolute Gasteiger partial charge is 0.454 e. The standard InChI is InChI=1S/C24H22F3N5O4/c1-12-3-5-15(8-16(12)28-13(2)33)29-23(34)18-10-22-30-17(9-21(24(25,26)27)32(22)31-18)14-4-6-19-20(7-14)36-11-35-19/h3-8,10,17,21,30H,9,11H2,1-2H3,(H,28,33)(H,29,34)/t17-,21+/m0/s1. The van der Waals surface area contributed by atoms with Crippen molar-refractivity contribution in [2.75, 3.05) is 22.7 Å². The highest BCUT2D eigenvalue weighted by Crippen LogP contribution is 2.45. The zero-order chi connectivity index (χ0) is 25.6. The van der Waals surface area contributed by atoms with Crippen molar-refractivity contribution in [3.63, 3.8) is 0 Å². The first-order valence-corrected chi connectivity index (χ1v) is 11.1. The molecule has 36 heavy (non-hydrogen) atoms. The lowest BCUT2D eigenvalue weighted by atomic mass is 9.96. The lowest BCUT2D eigenvalue weighted by Gasteiger charge is -2.33. The minimum absolute atomic E-state index is 0.0561. The van der Waals surface area contributed by atoms with E-state index in [4.69, 9.17) is 9.47 Å². The van der Waals surface area contributed by atoms with Crippen LogP contribution >= 0.6 is 0 Å². The minimum Gasteiger partial charge on any atom is -0.454 e. The molecule has 5 rings (SSSR count). The van der Waals surface area contributed by atoms with E-state index in [1.54, 1.807) is 43.3 Å². The van der Waals surface area contributed by atoms with E-state index in [1.807, 2.05) is 0 Å². The average Bonchev–Trinajstić information content (AvgIpc) is 3.46. The monoisotopic (exact) mass is 501 g/mol. The molecule has 0 saturated heterocycles. The zero-order valence-corrected chi connectivity index (χ0v) is 19.3. The number of nitrogens with one attached hydrogen (secondary N) is 3. The van der Waals surface area contributed by atoms with Crippen LogP contribution in [0.1, 0.15) is 47.0 Å². The molecule has 3 N–H and O–H groups in total. The molecule has 0 aliphatic carbocycles. The van der Waals surface area contributed by atoms with Gasteiger partial charge in [-0.1, -0.05) is 12.1 Å². The molecule has 3 heterocycles. The third kappa shape index (κ3) is 4.53. The molecule has 0 fully saturated rings. The highest BCUT2D eigenvalue weighted by Gasteiger charge is 2.47. The number of hydrogen-bond acceptors (Lipinski definition) is 6. The van der Waals surface area contributed by atoms with Gasteiger partial charge in [0.05, 0.1) is 6.04 Å². The molecule has 188 valence electrons. The summed E-state index contributed by atoms with van der Waals surface area (Å²) in [5, 5.41) is 12.3. The summed E-state index contributed by atoms with van der Waals surface area (Å²) in [7, 11) is 0. The number of amides is 2. The van der Waals surface area contributed by atoms with Gasteiger partial charge < -0.3 is 25.4 Å². The van der Waals surface area contributed by atoms with Gasteiger partial charge in [-0.25, -0.2) is 4.68 Å². The van der Waals surface area contributed by atoms with E-state index in [9.17, 15) is 22.8 Å². The number of anilines is 3. The Morgan fingerprint density at radius 1 is 1.08 bits per heavy atom. The van der Waals surface area contributed by atoms with E-state index in [0.717, 1.165) is 10.2 Å². The Morgan fingerprint density at radius 2 is 1.86 bits per heavy atom. The van der Waals surface area contributed by atoms with Crippen LogP contribution in [-0.2, 0) is 4.79 Å². The van der Waals surface area contributed by atoms with Crippen LogP contribution in [0.3, 0.4) is 0 Å². The van der Waals surface area contributed by atoms with E-state index in [1.165, 1.54) is 13.0 Å². The van der Waals surface area contributed by atoms with Crippen molar-refractivity contribution in [2.24, 2.45) is 0 Å². The minimum atomic E-state index is -4.59. The second-order valence-electron chi connectivity index (χ2n) is 8.63. The van der Waals surface area contributed by atoms with E-state index in [2.05, 4.69) is 21.0 Å². The van der Waals surface area contributed by atoms with Crippen molar-refractivity contribution in [2.45, 2.75) is 38.5 Å². The van der Waals surface area contributed by atoms with Gasteiger partial charge in [-0.05, 0) is 42.3 Å². The molecule has 2 atom stereocenters. The topological polar surface area (TPSA) is 107 Å². The van der Waals surface area contributed by atoms with Crippen LogP contribution in [0.15, 0.2) is 42.5 Å². The fourth-order valence-electron chi connectivity index (χ4n) is 4.25. The predicted octanol–water partition coefficient (Wildman–Crippen LogP) is 4.79. The summed E-state index contributed by atoms with van der Waals surface area (Å²) in [5.74, 6) is 0.109. The van der Waals surface area contributed by atoms with Gasteiger partial charge in [-0.3, -0.25) is 9.59 Å². The molecule has 0 spiro atoms. The fourth-order valence-corrected chi connectivity index (χ4v) is 4.25. The van der Waals surface area contributed by atoms with Gasteiger partial charge in [0.25, 0.3) is 5.91 Å². The van der Waals surface area contributed by atoms with Crippen molar-refractivity contribution in [3.05, 3.63) is 59.3 Å². The maximum atomic E-state index is 14.0. The Morgan fingerprint density at radius 3 is 2.61 bits per heavy atom. The molecule has 2 aliphatic rings. The number of rotatable bonds is 4. The molecule has 12 heteroatoms. The number of aryl methyl sites for hydroxylation is 1. The second kappa shape index (κ2) is 8.77. The first-order chi connectivity index (χ1) is 17.1. The lowest BCUT2D eigenvalue weighted by molar-refractivity contribution is -0.173. The molecule has 2 aromatic carbocycles. The van der Waals surface area contributed by atoms with Gasteiger partial charge in [0.2, 0.25) is 12.7 Å². The van der Waals surface area contributed by atoms with E-state index >= 15 is 0 Å². The SMILES string of the molecule is CC(=O)Nc1cc(NC(=O)c2cc3n(n2)[C@@H](C(F)(F)F)C[C@@H](c2ccc4c(c2)OCO4)N3)ccc1C. The summed E-state index contributed by atoms with van der Waals surface area (Å²) in [4.78, 5) is 24.3. The Labute approximate surface area is 203 Å². The maximum absolute atomic E-state index is 14.0. The number of fused-ring (bicyclic) bond motifs is 2. The number of carbonyl (C=O) groups is 2. The summed E-state index contributed by atoms with van der Waals surface area (Å²) < 4.78 is 53.5. The van der Waals surface area contributed by atoms with Crippen molar-refractivity contribution in [3.8, 4) is 11.5 Å². The number of halogens is 3. The number of nitrogens with zero attached hydrogens (tertiary/aromatic N) is 2. The number of ether oxygens (including phenoxy) is 2. The van der Waals surface area contributed by atoms with Gasteiger partial charge in [-0.15, -0.1) is 0 Å². The van der Waals surface area contributed by atoms with Gasteiger partial charge in [0.15, 0.2) is 23.2 Å². The van der Waals surface area contributed by atoms with Crippen LogP contribution in [0.5, 0.6) is 11.5 Å².